The molecule has 4 rings (SSSR count). The van der Waals surface area contributed by atoms with E-state index in [0.29, 0.717) is 17.5 Å². The van der Waals surface area contributed by atoms with Gasteiger partial charge in [0.2, 0.25) is 0 Å². The van der Waals surface area contributed by atoms with E-state index in [1.54, 1.807) is 23.1 Å². The van der Waals surface area contributed by atoms with E-state index in [4.69, 9.17) is 5.26 Å². The third kappa shape index (κ3) is 3.36. The summed E-state index contributed by atoms with van der Waals surface area (Å²) < 4.78 is 41.8. The van der Waals surface area contributed by atoms with Gasteiger partial charge < -0.3 is 4.57 Å². The number of hydrogen-bond acceptors (Lipinski definition) is 3. The maximum Gasteiger partial charge on any atom is 0.393 e. The standard InChI is InChI=1S/C22H22F3N3O/c1-13-9-18(14(2)28(13)16-5-3-15(11-26)4-6-16)21(29)12-27-17-7-8-20(27)19(10-17)22(23,24)25/h3-6,9,17,19-20H,7-8,10,12H2,1-2H3. The minimum Gasteiger partial charge on any atom is -0.318 e. The summed E-state index contributed by atoms with van der Waals surface area (Å²) in [4.78, 5) is 14.8. The largest absolute Gasteiger partial charge is 0.393 e. The Kier molecular flexibility index (Phi) is 4.78. The molecular weight excluding hydrogens is 379 g/mol. The highest BCUT2D eigenvalue weighted by atomic mass is 19.4. The van der Waals surface area contributed by atoms with Crippen LogP contribution in [0.5, 0.6) is 0 Å². The van der Waals surface area contributed by atoms with Gasteiger partial charge in [-0.15, -0.1) is 0 Å². The molecule has 29 heavy (non-hydrogen) atoms. The van der Waals surface area contributed by atoms with Crippen LogP contribution in [0.3, 0.4) is 0 Å². The zero-order valence-electron chi connectivity index (χ0n) is 16.3. The molecule has 0 amide bonds. The van der Waals surface area contributed by atoms with Crippen molar-refractivity contribution in [3.8, 4) is 11.8 Å². The highest BCUT2D eigenvalue weighted by molar-refractivity contribution is 5.99. The third-order valence-electron chi connectivity index (χ3n) is 6.41. The summed E-state index contributed by atoms with van der Waals surface area (Å²) in [6.07, 6.45) is -2.86. The lowest BCUT2D eigenvalue weighted by Crippen LogP contribution is -2.38. The van der Waals surface area contributed by atoms with E-state index in [9.17, 15) is 18.0 Å². The number of halogens is 3. The Bertz CT molecular complexity index is 984. The molecule has 2 aliphatic rings. The number of alkyl halides is 3. The Morgan fingerprint density at radius 2 is 1.90 bits per heavy atom. The molecule has 2 fully saturated rings. The number of ketones is 1. The number of fused-ring (bicyclic) bond motifs is 2. The first-order valence-corrected chi connectivity index (χ1v) is 9.76. The zero-order valence-corrected chi connectivity index (χ0v) is 16.3. The molecule has 2 aromatic rings. The quantitative estimate of drug-likeness (QED) is 0.706. The molecule has 2 aliphatic heterocycles. The van der Waals surface area contributed by atoms with E-state index in [-0.39, 0.29) is 24.8 Å². The van der Waals surface area contributed by atoms with Gasteiger partial charge in [0.1, 0.15) is 0 Å². The Morgan fingerprint density at radius 1 is 1.21 bits per heavy atom. The summed E-state index contributed by atoms with van der Waals surface area (Å²) in [6.45, 7) is 3.76. The molecule has 4 nitrogen and oxygen atoms in total. The van der Waals surface area contributed by atoms with Gasteiger partial charge in [-0.05, 0) is 63.4 Å². The van der Waals surface area contributed by atoms with E-state index in [2.05, 4.69) is 6.07 Å². The normalized spacial score (nSPS) is 24.1. The first-order chi connectivity index (χ1) is 13.7. The van der Waals surface area contributed by atoms with Crippen LogP contribution >= 0.6 is 0 Å². The predicted molar refractivity (Wildman–Crippen MR) is 102 cm³/mol. The average molecular weight is 401 g/mol. The second-order valence-electron chi connectivity index (χ2n) is 8.06. The minimum absolute atomic E-state index is 0.0274. The van der Waals surface area contributed by atoms with E-state index in [0.717, 1.165) is 23.5 Å². The number of nitriles is 1. The molecule has 1 aromatic heterocycles. The van der Waals surface area contributed by atoms with Crippen LogP contribution in [-0.2, 0) is 0 Å². The maximum atomic E-state index is 13.3. The van der Waals surface area contributed by atoms with Crippen molar-refractivity contribution >= 4 is 5.78 Å². The lowest BCUT2D eigenvalue weighted by molar-refractivity contribution is -0.181. The van der Waals surface area contributed by atoms with Crippen molar-refractivity contribution in [3.05, 3.63) is 52.8 Å². The van der Waals surface area contributed by atoms with E-state index in [1.165, 1.54) is 0 Å². The molecule has 0 aliphatic carbocycles. The number of carbonyl (C=O) groups excluding carboxylic acids is 1. The van der Waals surface area contributed by atoms with Crippen LogP contribution in [0.1, 0.15) is 46.6 Å². The average Bonchev–Trinajstić information content (AvgIpc) is 3.32. The van der Waals surface area contributed by atoms with Crippen LogP contribution in [0.4, 0.5) is 13.2 Å². The van der Waals surface area contributed by atoms with E-state index >= 15 is 0 Å². The van der Waals surface area contributed by atoms with Crippen LogP contribution in [0.25, 0.3) is 5.69 Å². The second kappa shape index (κ2) is 7.03. The van der Waals surface area contributed by atoms with Gasteiger partial charge in [-0.25, -0.2) is 0 Å². The van der Waals surface area contributed by atoms with Crippen LogP contribution in [-0.4, -0.2) is 40.1 Å². The van der Waals surface area contributed by atoms with Gasteiger partial charge in [0.05, 0.1) is 24.1 Å². The Hall–Kier alpha value is -2.59. The number of hydrogen-bond donors (Lipinski definition) is 0. The fourth-order valence-corrected chi connectivity index (χ4v) is 5.08. The Balaban J connectivity index is 1.57. The van der Waals surface area contributed by atoms with Gasteiger partial charge >= 0.3 is 6.18 Å². The minimum atomic E-state index is -4.20. The molecule has 0 radical (unpaired) electrons. The van der Waals surface area contributed by atoms with Crippen molar-refractivity contribution in [1.29, 1.82) is 5.26 Å². The lowest BCUT2D eigenvalue weighted by atomic mass is 9.89. The number of nitrogens with zero attached hydrogens (tertiary/aromatic N) is 3. The number of Topliss-reactive ketones (excluding diaryl/α,β-unsaturated/α-hetero) is 1. The molecule has 2 saturated heterocycles. The highest BCUT2D eigenvalue weighted by Gasteiger charge is 2.56. The first kappa shape index (κ1) is 19.7. The molecule has 3 atom stereocenters. The number of aryl methyl sites for hydroxylation is 1. The van der Waals surface area contributed by atoms with Crippen molar-refractivity contribution in [2.45, 2.75) is 51.4 Å². The van der Waals surface area contributed by atoms with Gasteiger partial charge in [-0.2, -0.15) is 18.4 Å². The van der Waals surface area contributed by atoms with Crippen LogP contribution in [0, 0.1) is 31.1 Å². The summed E-state index contributed by atoms with van der Waals surface area (Å²) in [5.74, 6) is -1.46. The number of rotatable bonds is 4. The number of benzene rings is 1. The van der Waals surface area contributed by atoms with Crippen molar-refractivity contribution in [2.75, 3.05) is 6.54 Å². The molecule has 2 bridgehead atoms. The SMILES string of the molecule is Cc1cc(C(=O)CN2C3CCC2C(C(F)(F)F)C3)c(C)n1-c1ccc(C#N)cc1. The predicted octanol–water partition coefficient (Wildman–Crippen LogP) is 4.56. The zero-order chi connectivity index (χ0) is 20.9. The summed E-state index contributed by atoms with van der Waals surface area (Å²) in [5, 5.41) is 8.96. The van der Waals surface area contributed by atoms with Crippen LogP contribution in [0.2, 0.25) is 0 Å². The van der Waals surface area contributed by atoms with Crippen molar-refractivity contribution < 1.29 is 18.0 Å². The number of aromatic nitrogens is 1. The monoisotopic (exact) mass is 401 g/mol. The van der Waals surface area contributed by atoms with Crippen molar-refractivity contribution in [1.82, 2.24) is 9.47 Å². The van der Waals surface area contributed by atoms with E-state index < -0.39 is 18.1 Å². The van der Waals surface area contributed by atoms with Gasteiger partial charge in [0.15, 0.2) is 5.78 Å². The smallest absolute Gasteiger partial charge is 0.318 e. The molecule has 3 heterocycles. The molecule has 0 saturated carbocycles. The van der Waals surface area contributed by atoms with Gasteiger partial charge in [-0.3, -0.25) is 9.69 Å². The van der Waals surface area contributed by atoms with Crippen molar-refractivity contribution in [2.24, 2.45) is 5.92 Å². The number of carbonyl (C=O) groups is 1. The Morgan fingerprint density at radius 3 is 2.48 bits per heavy atom. The summed E-state index contributed by atoms with van der Waals surface area (Å²) in [5.41, 5.74) is 3.57. The van der Waals surface area contributed by atoms with Crippen molar-refractivity contribution in [3.63, 3.8) is 0 Å². The topological polar surface area (TPSA) is 49.0 Å². The fourth-order valence-electron chi connectivity index (χ4n) is 5.08. The molecular formula is C22H22F3N3O. The van der Waals surface area contributed by atoms with Crippen LogP contribution in [0.15, 0.2) is 30.3 Å². The lowest BCUT2D eigenvalue weighted by Gasteiger charge is -2.25. The first-order valence-electron chi connectivity index (χ1n) is 9.76. The molecule has 7 heteroatoms. The summed E-state index contributed by atoms with van der Waals surface area (Å²) in [6, 6.07) is 10.2. The van der Waals surface area contributed by atoms with E-state index in [1.807, 2.05) is 30.5 Å². The fraction of sp³-hybridized carbons (Fsp3) is 0.455. The summed E-state index contributed by atoms with van der Waals surface area (Å²) >= 11 is 0. The van der Waals surface area contributed by atoms with Crippen LogP contribution < -0.4 is 0 Å². The third-order valence-corrected chi connectivity index (χ3v) is 6.41. The molecule has 1 aromatic carbocycles. The maximum absolute atomic E-state index is 13.3. The summed E-state index contributed by atoms with van der Waals surface area (Å²) in [7, 11) is 0. The Labute approximate surface area is 167 Å². The molecule has 0 N–H and O–H groups in total. The van der Waals surface area contributed by atoms with Gasteiger partial charge in [-0.1, -0.05) is 0 Å². The second-order valence-corrected chi connectivity index (χ2v) is 8.06. The molecule has 0 spiro atoms. The molecule has 152 valence electrons. The highest BCUT2D eigenvalue weighted by Crippen LogP contribution is 2.48. The van der Waals surface area contributed by atoms with Gasteiger partial charge in [0.25, 0.3) is 0 Å². The molecule has 3 unspecified atom stereocenters. The van der Waals surface area contributed by atoms with Gasteiger partial charge in [0, 0.05) is 34.7 Å².